The summed E-state index contributed by atoms with van der Waals surface area (Å²) in [5, 5.41) is 7.56. The van der Waals surface area contributed by atoms with Gasteiger partial charge in [-0.25, -0.2) is 9.07 Å². The van der Waals surface area contributed by atoms with Gasteiger partial charge in [-0.15, -0.1) is 11.8 Å². The van der Waals surface area contributed by atoms with Crippen LogP contribution in [0.25, 0.3) is 16.9 Å². The van der Waals surface area contributed by atoms with Gasteiger partial charge in [0, 0.05) is 31.4 Å². The van der Waals surface area contributed by atoms with E-state index >= 15 is 0 Å². The van der Waals surface area contributed by atoms with E-state index in [1.807, 2.05) is 48.5 Å². The first kappa shape index (κ1) is 27.8. The van der Waals surface area contributed by atoms with Crippen molar-refractivity contribution in [2.45, 2.75) is 11.7 Å². The number of carbonyl (C=O) groups is 2. The lowest BCUT2D eigenvalue weighted by Gasteiger charge is -2.23. The Kier molecular flexibility index (Phi) is 8.11. The van der Waals surface area contributed by atoms with E-state index in [1.165, 1.54) is 28.8 Å². The minimum atomic E-state index is -0.391. The van der Waals surface area contributed by atoms with Crippen molar-refractivity contribution < 1.29 is 28.2 Å². The van der Waals surface area contributed by atoms with Gasteiger partial charge in [-0.3, -0.25) is 14.5 Å². The number of thioether (sulfide) groups is 1. The van der Waals surface area contributed by atoms with E-state index in [4.69, 9.17) is 19.3 Å². The first-order valence-corrected chi connectivity index (χ1v) is 14.6. The smallest absolute Gasteiger partial charge is 0.240 e. The summed E-state index contributed by atoms with van der Waals surface area (Å²) in [6.07, 6.45) is 0.648. The highest BCUT2D eigenvalue weighted by molar-refractivity contribution is 8.00. The zero-order valence-electron chi connectivity index (χ0n) is 22.9. The molecular weight excluding hydrogens is 559 g/mol. The van der Waals surface area contributed by atoms with Gasteiger partial charge in [0.2, 0.25) is 18.6 Å². The Morgan fingerprint density at radius 3 is 2.67 bits per heavy atom. The molecule has 1 aromatic heterocycles. The predicted octanol–water partition coefficient (Wildman–Crippen LogP) is 4.73. The second-order valence-corrected chi connectivity index (χ2v) is 10.9. The minimum absolute atomic E-state index is 0.127. The molecule has 0 radical (unpaired) electrons. The Bertz CT molecular complexity index is 1600. The van der Waals surface area contributed by atoms with Crippen molar-refractivity contribution in [2.75, 3.05) is 44.3 Å². The molecule has 11 heteroatoms. The highest BCUT2D eigenvalue weighted by Crippen LogP contribution is 2.50. The first-order chi connectivity index (χ1) is 20.5. The molecule has 0 fully saturated rings. The lowest BCUT2D eigenvalue weighted by molar-refractivity contribution is -0.122. The minimum Gasteiger partial charge on any atom is -0.454 e. The fourth-order valence-corrected chi connectivity index (χ4v) is 6.26. The molecule has 0 saturated heterocycles. The molecule has 0 saturated carbocycles. The number of benzene rings is 3. The van der Waals surface area contributed by atoms with Gasteiger partial charge in [0.05, 0.1) is 22.4 Å². The number of nitrogens with zero attached hydrogens (tertiary/aromatic N) is 3. The highest BCUT2D eigenvalue weighted by Gasteiger charge is 2.38. The van der Waals surface area contributed by atoms with E-state index in [0.717, 1.165) is 16.7 Å². The summed E-state index contributed by atoms with van der Waals surface area (Å²) in [7, 11) is 1.61. The molecule has 2 aliphatic heterocycles. The maximum atomic E-state index is 14.0. The summed E-state index contributed by atoms with van der Waals surface area (Å²) in [4.78, 5) is 28.4. The molecule has 0 spiro atoms. The molecule has 0 unspecified atom stereocenters. The molecule has 2 aliphatic rings. The monoisotopic (exact) mass is 588 g/mol. The maximum Gasteiger partial charge on any atom is 0.240 e. The van der Waals surface area contributed by atoms with E-state index in [2.05, 4.69) is 5.32 Å². The molecule has 3 heterocycles. The van der Waals surface area contributed by atoms with Crippen molar-refractivity contribution in [1.29, 1.82) is 0 Å². The van der Waals surface area contributed by atoms with Gasteiger partial charge < -0.3 is 19.5 Å². The number of fused-ring (bicyclic) bond motifs is 2. The van der Waals surface area contributed by atoms with Crippen LogP contribution in [0, 0.1) is 5.82 Å². The molecule has 1 atom stereocenters. The summed E-state index contributed by atoms with van der Waals surface area (Å²) in [6, 6.07) is 21.4. The van der Waals surface area contributed by atoms with Gasteiger partial charge in [0.1, 0.15) is 18.2 Å². The maximum absolute atomic E-state index is 14.0. The standard InChI is InChI=1S/C31H29FN4O5S/c1-39-15-5-14-33-26(37)17-35-27(38)18-42-30(21-8-13-24-25(16-21)41-19-40-24)28-29(20-6-3-2-4-7-20)34-36(31(28)35)23-11-9-22(32)10-12-23/h2-4,6-13,16,30H,5,14-15,17-19H2,1H3,(H,33,37)/t30-/m1/s1. The third-order valence-corrected chi connectivity index (χ3v) is 8.31. The van der Waals surface area contributed by atoms with Crippen LogP contribution >= 0.6 is 11.8 Å². The molecule has 4 aromatic rings. The predicted molar refractivity (Wildman–Crippen MR) is 158 cm³/mol. The van der Waals surface area contributed by atoms with Crippen LogP contribution in [-0.4, -0.2) is 60.9 Å². The van der Waals surface area contributed by atoms with Crippen LogP contribution in [0.5, 0.6) is 11.5 Å². The number of carbonyl (C=O) groups excluding carboxylic acids is 2. The average Bonchev–Trinajstić information content (AvgIpc) is 3.61. The second-order valence-electron chi connectivity index (χ2n) is 9.82. The number of halogens is 1. The third kappa shape index (κ3) is 5.57. The lowest BCUT2D eigenvalue weighted by atomic mass is 9.99. The number of rotatable bonds is 9. The third-order valence-electron chi connectivity index (χ3n) is 7.06. The lowest BCUT2D eigenvalue weighted by Crippen LogP contribution is -2.42. The molecule has 9 nitrogen and oxygen atoms in total. The number of methoxy groups -OCH3 is 1. The van der Waals surface area contributed by atoms with Gasteiger partial charge >= 0.3 is 0 Å². The van der Waals surface area contributed by atoms with Crippen molar-refractivity contribution in [2.24, 2.45) is 0 Å². The number of anilines is 1. The van der Waals surface area contributed by atoms with E-state index < -0.39 is 5.82 Å². The SMILES string of the molecule is COCCCNC(=O)CN1C(=O)CS[C@H](c2ccc3c(c2)OCO3)c2c(-c3ccccc3)nn(-c3ccc(F)cc3)c21. The van der Waals surface area contributed by atoms with Crippen LogP contribution in [-0.2, 0) is 14.3 Å². The highest BCUT2D eigenvalue weighted by atomic mass is 32.2. The normalized spacial score (nSPS) is 15.8. The van der Waals surface area contributed by atoms with Crippen molar-refractivity contribution in [3.05, 3.63) is 89.7 Å². The van der Waals surface area contributed by atoms with Crippen LogP contribution < -0.4 is 19.7 Å². The van der Waals surface area contributed by atoms with Crippen molar-refractivity contribution in [1.82, 2.24) is 15.1 Å². The molecular formula is C31H29FN4O5S. The largest absolute Gasteiger partial charge is 0.454 e. The molecule has 42 heavy (non-hydrogen) atoms. The number of amides is 2. The van der Waals surface area contributed by atoms with Gasteiger partial charge in [-0.1, -0.05) is 36.4 Å². The Morgan fingerprint density at radius 1 is 1.10 bits per heavy atom. The topological polar surface area (TPSA) is 94.9 Å². The molecule has 0 bridgehead atoms. The summed E-state index contributed by atoms with van der Waals surface area (Å²) >= 11 is 1.46. The Hall–Kier alpha value is -4.35. The molecule has 216 valence electrons. The van der Waals surface area contributed by atoms with Crippen LogP contribution in [0.1, 0.15) is 22.8 Å². The zero-order chi connectivity index (χ0) is 29.1. The summed E-state index contributed by atoms with van der Waals surface area (Å²) in [5.41, 5.74) is 3.74. The molecule has 2 amide bonds. The first-order valence-electron chi connectivity index (χ1n) is 13.5. The quantitative estimate of drug-likeness (QED) is 0.283. The fraction of sp³-hybridized carbons (Fsp3) is 0.258. The fourth-order valence-electron chi connectivity index (χ4n) is 5.07. The van der Waals surface area contributed by atoms with E-state index in [0.29, 0.717) is 48.3 Å². The van der Waals surface area contributed by atoms with Crippen LogP contribution in [0.3, 0.4) is 0 Å². The summed E-state index contributed by atoms with van der Waals surface area (Å²) in [5.74, 6) is 0.949. The average molecular weight is 589 g/mol. The van der Waals surface area contributed by atoms with Crippen molar-refractivity contribution in [3.63, 3.8) is 0 Å². The number of hydrogen-bond acceptors (Lipinski definition) is 7. The Balaban J connectivity index is 1.53. The van der Waals surface area contributed by atoms with Gasteiger partial charge in [-0.05, 0) is 48.4 Å². The van der Waals surface area contributed by atoms with E-state index in [-0.39, 0.29) is 36.2 Å². The summed E-state index contributed by atoms with van der Waals surface area (Å²) < 4.78 is 31.9. The molecule has 0 aliphatic carbocycles. The second kappa shape index (κ2) is 12.3. The number of hydrogen-bond donors (Lipinski definition) is 1. The Morgan fingerprint density at radius 2 is 1.88 bits per heavy atom. The molecule has 1 N–H and O–H groups in total. The number of nitrogens with one attached hydrogen (secondary N) is 1. The number of aromatic nitrogens is 2. The van der Waals surface area contributed by atoms with Gasteiger partial charge in [0.25, 0.3) is 0 Å². The van der Waals surface area contributed by atoms with Crippen LogP contribution in [0.2, 0.25) is 0 Å². The van der Waals surface area contributed by atoms with E-state index in [9.17, 15) is 14.0 Å². The zero-order valence-corrected chi connectivity index (χ0v) is 23.7. The van der Waals surface area contributed by atoms with Crippen LogP contribution in [0.15, 0.2) is 72.8 Å². The number of ether oxygens (including phenoxy) is 3. The summed E-state index contributed by atoms with van der Waals surface area (Å²) in [6.45, 7) is 0.876. The van der Waals surface area contributed by atoms with Gasteiger partial charge in [-0.2, -0.15) is 5.10 Å². The molecule has 3 aromatic carbocycles. The Labute approximate surface area is 246 Å². The van der Waals surface area contributed by atoms with Crippen molar-refractivity contribution in [3.8, 4) is 28.4 Å². The van der Waals surface area contributed by atoms with Crippen LogP contribution in [0.4, 0.5) is 10.2 Å². The van der Waals surface area contributed by atoms with Gasteiger partial charge in [0.15, 0.2) is 11.5 Å². The van der Waals surface area contributed by atoms with Crippen molar-refractivity contribution >= 4 is 29.4 Å². The molecule has 6 rings (SSSR count). The van der Waals surface area contributed by atoms with E-state index in [1.54, 1.807) is 23.9 Å².